The van der Waals surface area contributed by atoms with Crippen LogP contribution in [-0.2, 0) is 9.30 Å². The number of ether oxygens (including phenoxy) is 1. The molecular weight excluding hydrogens is 273 g/mol. The van der Waals surface area contributed by atoms with E-state index in [4.69, 9.17) is 19.6 Å². The second-order valence-electron chi connectivity index (χ2n) is 5.56. The number of nitrogens with one attached hydrogen (secondary N) is 1. The Morgan fingerprint density at radius 3 is 2.63 bits per heavy atom. The minimum absolute atomic E-state index is 0.0330. The molecule has 7 nitrogen and oxygen atoms in total. The first-order valence-corrected chi connectivity index (χ1v) is 8.31. The summed E-state index contributed by atoms with van der Waals surface area (Å²) in [6, 6.07) is 0. The largest absolute Gasteiger partial charge is 0.507 e. The smallest absolute Gasteiger partial charge is 0.450 e. The lowest BCUT2D eigenvalue weighted by Gasteiger charge is -2.42. The minimum atomic E-state index is -3.96. The average molecular weight is 293 g/mol. The van der Waals surface area contributed by atoms with Crippen LogP contribution in [0.1, 0.15) is 25.7 Å². The van der Waals surface area contributed by atoms with Crippen LogP contribution in [-0.4, -0.2) is 40.0 Å². The average Bonchev–Trinajstić information content (AvgIpc) is 2.25. The molecule has 0 aromatic carbocycles. The number of rotatable bonds is 3. The Balaban J connectivity index is 1.89. The first kappa shape index (κ1) is 14.8. The van der Waals surface area contributed by atoms with Crippen LogP contribution in [0.5, 0.6) is 0 Å². The Kier molecular flexibility index (Phi) is 4.50. The molecule has 0 spiro atoms. The van der Waals surface area contributed by atoms with Gasteiger partial charge in [-0.15, -0.1) is 0 Å². The van der Waals surface area contributed by atoms with Crippen molar-refractivity contribution in [3.63, 3.8) is 0 Å². The van der Waals surface area contributed by atoms with Gasteiger partial charge in [0.15, 0.2) is 6.23 Å². The van der Waals surface area contributed by atoms with Gasteiger partial charge in [-0.25, -0.2) is 4.79 Å². The van der Waals surface area contributed by atoms with Gasteiger partial charge in [0.1, 0.15) is 0 Å². The monoisotopic (exact) mass is 293 g/mol. The summed E-state index contributed by atoms with van der Waals surface area (Å²) in [5.74, 6) is 0.781. The molecule has 2 rings (SSSR count). The fraction of sp³-hybridized carbons (Fsp3) is 0.909. The van der Waals surface area contributed by atoms with Gasteiger partial charge < -0.3 is 19.6 Å². The highest BCUT2D eigenvalue weighted by Gasteiger charge is 2.38. The van der Waals surface area contributed by atoms with Crippen molar-refractivity contribution in [2.45, 2.75) is 31.9 Å². The third-order valence-electron chi connectivity index (χ3n) is 4.11. The van der Waals surface area contributed by atoms with Gasteiger partial charge in [0, 0.05) is 13.0 Å². The third kappa shape index (κ3) is 4.45. The number of carboxylic acid groups (broad SMARTS) is 1. The summed E-state index contributed by atoms with van der Waals surface area (Å²) in [6.07, 6.45) is 1.26. The van der Waals surface area contributed by atoms with E-state index in [1.807, 2.05) is 0 Å². The Bertz CT molecular complexity index is 383. The molecule has 1 heterocycles. The van der Waals surface area contributed by atoms with Crippen molar-refractivity contribution >= 4 is 13.8 Å². The number of hydrogen-bond donors (Lipinski definition) is 4. The van der Waals surface area contributed by atoms with Crippen molar-refractivity contribution < 1.29 is 29.0 Å². The molecule has 0 aromatic heterocycles. The molecule has 1 aliphatic carbocycles. The lowest BCUT2D eigenvalue weighted by atomic mass is 9.71. The minimum Gasteiger partial charge on any atom is -0.450 e. The molecule has 2 aliphatic rings. The van der Waals surface area contributed by atoms with E-state index in [9.17, 15) is 9.36 Å². The molecule has 4 N–H and O–H groups in total. The van der Waals surface area contributed by atoms with Crippen molar-refractivity contribution in [2.75, 3.05) is 12.7 Å². The summed E-state index contributed by atoms with van der Waals surface area (Å²) in [7, 11) is -3.96. The highest BCUT2D eigenvalue weighted by molar-refractivity contribution is 7.51. The standard InChI is InChI=1S/C11H20NO6P/c13-11(14)18-10-4-9-3-7(6-19(15,16)17)1-2-8(9)5-12-10/h7-10,12H,1-6H2,(H,13,14)(H2,15,16,17)/t7-,8-,9+,10-/m0/s1. The van der Waals surface area contributed by atoms with Gasteiger partial charge in [0.2, 0.25) is 0 Å². The zero-order chi connectivity index (χ0) is 14.0. The van der Waals surface area contributed by atoms with Crippen LogP contribution in [0.3, 0.4) is 0 Å². The summed E-state index contributed by atoms with van der Waals surface area (Å²) in [5.41, 5.74) is 0. The van der Waals surface area contributed by atoms with E-state index in [0.29, 0.717) is 18.9 Å². The van der Waals surface area contributed by atoms with Crippen LogP contribution >= 0.6 is 7.60 Å². The molecule has 0 unspecified atom stereocenters. The maximum absolute atomic E-state index is 11.0. The van der Waals surface area contributed by atoms with Crippen LogP contribution < -0.4 is 5.32 Å². The van der Waals surface area contributed by atoms with Gasteiger partial charge in [-0.3, -0.25) is 9.88 Å². The van der Waals surface area contributed by atoms with Gasteiger partial charge in [-0.1, -0.05) is 0 Å². The summed E-state index contributed by atoms with van der Waals surface area (Å²) in [4.78, 5) is 28.6. The Labute approximate surface area is 111 Å². The first-order valence-electron chi connectivity index (χ1n) is 6.51. The van der Waals surface area contributed by atoms with Crippen molar-refractivity contribution in [2.24, 2.45) is 17.8 Å². The molecule has 0 radical (unpaired) electrons. The van der Waals surface area contributed by atoms with Crippen molar-refractivity contribution in [1.82, 2.24) is 5.32 Å². The van der Waals surface area contributed by atoms with Crippen molar-refractivity contribution in [3.8, 4) is 0 Å². The van der Waals surface area contributed by atoms with Gasteiger partial charge in [-0.05, 0) is 37.0 Å². The van der Waals surface area contributed by atoms with Crippen molar-refractivity contribution in [1.29, 1.82) is 0 Å². The highest BCUT2D eigenvalue weighted by Crippen LogP contribution is 2.45. The van der Waals surface area contributed by atoms with Gasteiger partial charge in [0.25, 0.3) is 0 Å². The SMILES string of the molecule is O=C(O)O[C@H]1C[C@H]2C[C@@H](CP(=O)(O)O)CC[C@H]2CN1. The number of hydrogen-bond acceptors (Lipinski definition) is 4. The van der Waals surface area contributed by atoms with Crippen molar-refractivity contribution in [3.05, 3.63) is 0 Å². The topological polar surface area (TPSA) is 116 Å². The Hall–Kier alpha value is -0.620. The fourth-order valence-corrected chi connectivity index (χ4v) is 4.34. The van der Waals surface area contributed by atoms with E-state index >= 15 is 0 Å². The molecule has 0 amide bonds. The summed E-state index contributed by atoms with van der Waals surface area (Å²) < 4.78 is 15.8. The number of piperidine rings is 1. The normalized spacial score (nSPS) is 35.5. The van der Waals surface area contributed by atoms with Crippen LogP contribution in [0.15, 0.2) is 0 Å². The highest BCUT2D eigenvalue weighted by atomic mass is 31.2. The van der Waals surface area contributed by atoms with E-state index in [1.165, 1.54) is 0 Å². The lowest BCUT2D eigenvalue weighted by molar-refractivity contribution is -0.0126. The zero-order valence-corrected chi connectivity index (χ0v) is 11.5. The molecule has 0 bridgehead atoms. The maximum atomic E-state index is 11.0. The summed E-state index contributed by atoms with van der Waals surface area (Å²) in [5, 5.41) is 11.7. The number of carbonyl (C=O) groups is 1. The van der Waals surface area contributed by atoms with E-state index in [0.717, 1.165) is 19.3 Å². The van der Waals surface area contributed by atoms with E-state index in [2.05, 4.69) is 5.32 Å². The number of fused-ring (bicyclic) bond motifs is 1. The molecule has 1 saturated carbocycles. The molecule has 1 aliphatic heterocycles. The first-order chi connectivity index (χ1) is 8.83. The Morgan fingerprint density at radius 1 is 1.26 bits per heavy atom. The van der Waals surface area contributed by atoms with Crippen LogP contribution in [0.25, 0.3) is 0 Å². The van der Waals surface area contributed by atoms with Crippen LogP contribution in [0, 0.1) is 17.8 Å². The molecule has 4 atom stereocenters. The molecule has 8 heteroatoms. The van der Waals surface area contributed by atoms with E-state index in [-0.39, 0.29) is 18.0 Å². The van der Waals surface area contributed by atoms with Gasteiger partial charge in [-0.2, -0.15) is 0 Å². The van der Waals surface area contributed by atoms with Gasteiger partial charge in [0.05, 0.1) is 6.16 Å². The second-order valence-corrected chi connectivity index (χ2v) is 7.26. The fourth-order valence-electron chi connectivity index (χ4n) is 3.34. The summed E-state index contributed by atoms with van der Waals surface area (Å²) >= 11 is 0. The second kappa shape index (κ2) is 5.79. The molecule has 19 heavy (non-hydrogen) atoms. The molecule has 110 valence electrons. The molecule has 2 fully saturated rings. The quantitative estimate of drug-likeness (QED) is 0.456. The zero-order valence-electron chi connectivity index (χ0n) is 10.6. The van der Waals surface area contributed by atoms with E-state index < -0.39 is 20.0 Å². The van der Waals surface area contributed by atoms with Gasteiger partial charge >= 0.3 is 13.8 Å². The maximum Gasteiger partial charge on any atom is 0.507 e. The third-order valence-corrected chi connectivity index (χ3v) is 5.10. The Morgan fingerprint density at radius 2 is 2.00 bits per heavy atom. The summed E-state index contributed by atoms with van der Waals surface area (Å²) in [6.45, 7) is 0.714. The van der Waals surface area contributed by atoms with E-state index in [1.54, 1.807) is 0 Å². The predicted octanol–water partition coefficient (Wildman–Crippen LogP) is 1.21. The molecule has 0 aromatic rings. The lowest BCUT2D eigenvalue weighted by Crippen LogP contribution is -2.48. The molecular formula is C11H20NO6P. The van der Waals surface area contributed by atoms with Crippen LogP contribution in [0.2, 0.25) is 0 Å². The van der Waals surface area contributed by atoms with Crippen LogP contribution in [0.4, 0.5) is 4.79 Å². The predicted molar refractivity (Wildman–Crippen MR) is 66.7 cm³/mol. The molecule has 1 saturated heterocycles.